The van der Waals surface area contributed by atoms with Crippen molar-refractivity contribution in [1.29, 1.82) is 0 Å². The molecule has 0 unspecified atom stereocenters. The van der Waals surface area contributed by atoms with Gasteiger partial charge in [0, 0.05) is 11.9 Å². The summed E-state index contributed by atoms with van der Waals surface area (Å²) >= 11 is 5.91. The van der Waals surface area contributed by atoms with Crippen LogP contribution >= 0.6 is 24.0 Å². The molecule has 0 aromatic heterocycles. The van der Waals surface area contributed by atoms with Gasteiger partial charge in [0.2, 0.25) is 11.8 Å². The van der Waals surface area contributed by atoms with Crippen LogP contribution in [0.2, 0.25) is 5.02 Å². The molecule has 5 nitrogen and oxygen atoms in total. The maximum atomic E-state index is 11.8. The summed E-state index contributed by atoms with van der Waals surface area (Å²) in [6, 6.07) is 4.94. The van der Waals surface area contributed by atoms with E-state index in [1.165, 1.54) is 19.8 Å². The molecule has 3 N–H and O–H groups in total. The second-order valence-electron chi connectivity index (χ2n) is 4.99. The summed E-state index contributed by atoms with van der Waals surface area (Å²) in [6.45, 7) is 2.54. The number of anilines is 2. The fourth-order valence-electron chi connectivity index (χ4n) is 1.82. The molecule has 1 aliphatic rings. The van der Waals surface area contributed by atoms with Crippen molar-refractivity contribution in [2.24, 2.45) is 5.92 Å². The van der Waals surface area contributed by atoms with Gasteiger partial charge in [-0.2, -0.15) is 0 Å². The number of nitrogens with one attached hydrogen (secondary N) is 3. The number of carbonyl (C=O) groups is 2. The van der Waals surface area contributed by atoms with Gasteiger partial charge < -0.3 is 16.0 Å². The van der Waals surface area contributed by atoms with Gasteiger partial charge in [0.05, 0.1) is 17.9 Å². The molecule has 1 aliphatic carbocycles. The molecule has 1 aromatic carbocycles. The zero-order chi connectivity index (χ0) is 14.5. The Hall–Kier alpha value is -1.30. The number of rotatable bonds is 6. The average Bonchev–Trinajstić information content (AvgIpc) is 3.16. The standard InChI is InChI=1S/C14H18ClN3O2.ClH/c1-9(19)17-12-5-4-11(15)6-13(12)18-14(20)8-16-7-10-2-3-10;/h4-6,10,16H,2-3,7-8H2,1H3,(H,17,19)(H,18,20);1H. The van der Waals surface area contributed by atoms with Crippen LogP contribution in [0.1, 0.15) is 19.8 Å². The zero-order valence-electron chi connectivity index (χ0n) is 11.7. The van der Waals surface area contributed by atoms with Gasteiger partial charge in [-0.1, -0.05) is 11.6 Å². The van der Waals surface area contributed by atoms with E-state index in [2.05, 4.69) is 16.0 Å². The molecule has 2 rings (SSSR count). The molecule has 116 valence electrons. The predicted octanol–water partition coefficient (Wildman–Crippen LogP) is 2.66. The molecule has 21 heavy (non-hydrogen) atoms. The highest BCUT2D eigenvalue weighted by molar-refractivity contribution is 6.31. The van der Waals surface area contributed by atoms with Crippen LogP contribution in [0, 0.1) is 5.92 Å². The normalized spacial score (nSPS) is 13.2. The summed E-state index contributed by atoms with van der Waals surface area (Å²) in [6.07, 6.45) is 2.49. The third-order valence-corrected chi connectivity index (χ3v) is 3.22. The van der Waals surface area contributed by atoms with Crippen LogP contribution in [0.4, 0.5) is 11.4 Å². The van der Waals surface area contributed by atoms with E-state index >= 15 is 0 Å². The van der Waals surface area contributed by atoms with E-state index in [0.717, 1.165) is 12.5 Å². The summed E-state index contributed by atoms with van der Waals surface area (Å²) in [4.78, 5) is 23.0. The third kappa shape index (κ3) is 6.33. The lowest BCUT2D eigenvalue weighted by molar-refractivity contribution is -0.116. The summed E-state index contributed by atoms with van der Waals surface area (Å²) < 4.78 is 0. The summed E-state index contributed by atoms with van der Waals surface area (Å²) in [5, 5.41) is 9.02. The van der Waals surface area contributed by atoms with Gasteiger partial charge in [-0.3, -0.25) is 9.59 Å². The highest BCUT2D eigenvalue weighted by Crippen LogP contribution is 2.27. The third-order valence-electron chi connectivity index (χ3n) is 2.98. The molecular formula is C14H19Cl2N3O2. The predicted molar refractivity (Wildman–Crippen MR) is 87.2 cm³/mol. The van der Waals surface area contributed by atoms with Gasteiger partial charge in [-0.05, 0) is 43.5 Å². The van der Waals surface area contributed by atoms with Crippen molar-refractivity contribution in [2.45, 2.75) is 19.8 Å². The first kappa shape index (κ1) is 17.8. The average molecular weight is 332 g/mol. The molecule has 1 aromatic rings. The smallest absolute Gasteiger partial charge is 0.238 e. The fraction of sp³-hybridized carbons (Fsp3) is 0.429. The summed E-state index contributed by atoms with van der Waals surface area (Å²) in [5.41, 5.74) is 1.04. The molecule has 7 heteroatoms. The zero-order valence-corrected chi connectivity index (χ0v) is 13.3. The molecule has 2 amide bonds. The Balaban J connectivity index is 0.00000220. The van der Waals surface area contributed by atoms with Crippen molar-refractivity contribution in [3.8, 4) is 0 Å². The first-order valence-corrected chi connectivity index (χ1v) is 7.00. The first-order chi connectivity index (χ1) is 9.54. The fourth-order valence-corrected chi connectivity index (χ4v) is 2.00. The molecule has 1 fully saturated rings. The SMILES string of the molecule is CC(=O)Nc1ccc(Cl)cc1NC(=O)CNCC1CC1.Cl. The van der Waals surface area contributed by atoms with Crippen molar-refractivity contribution < 1.29 is 9.59 Å². The largest absolute Gasteiger partial charge is 0.325 e. The monoisotopic (exact) mass is 331 g/mol. The number of hydrogen-bond acceptors (Lipinski definition) is 3. The van der Waals surface area contributed by atoms with Crippen molar-refractivity contribution in [3.63, 3.8) is 0 Å². The lowest BCUT2D eigenvalue weighted by Gasteiger charge is -2.12. The van der Waals surface area contributed by atoms with Gasteiger partial charge in [-0.25, -0.2) is 0 Å². The van der Waals surface area contributed by atoms with Crippen LogP contribution in [0.5, 0.6) is 0 Å². The van der Waals surface area contributed by atoms with Crippen molar-refractivity contribution in [1.82, 2.24) is 5.32 Å². The molecule has 0 aliphatic heterocycles. The lowest BCUT2D eigenvalue weighted by Crippen LogP contribution is -2.29. The highest BCUT2D eigenvalue weighted by atomic mass is 35.5. The van der Waals surface area contributed by atoms with Crippen molar-refractivity contribution in [3.05, 3.63) is 23.2 Å². The minimum Gasteiger partial charge on any atom is -0.325 e. The van der Waals surface area contributed by atoms with Gasteiger partial charge in [0.1, 0.15) is 0 Å². The topological polar surface area (TPSA) is 70.2 Å². The second kappa shape index (κ2) is 8.22. The van der Waals surface area contributed by atoms with Crippen LogP contribution in [-0.4, -0.2) is 24.9 Å². The van der Waals surface area contributed by atoms with E-state index in [-0.39, 0.29) is 30.8 Å². The summed E-state index contributed by atoms with van der Waals surface area (Å²) in [5.74, 6) is 0.373. The number of halogens is 2. The van der Waals surface area contributed by atoms with E-state index in [1.54, 1.807) is 18.2 Å². The second-order valence-corrected chi connectivity index (χ2v) is 5.43. The maximum absolute atomic E-state index is 11.8. The first-order valence-electron chi connectivity index (χ1n) is 6.62. The minimum absolute atomic E-state index is 0. The molecule has 1 saturated carbocycles. The molecule has 0 radical (unpaired) electrons. The summed E-state index contributed by atoms with van der Waals surface area (Å²) in [7, 11) is 0. The maximum Gasteiger partial charge on any atom is 0.238 e. The van der Waals surface area contributed by atoms with E-state index in [9.17, 15) is 9.59 Å². The van der Waals surface area contributed by atoms with Crippen LogP contribution in [0.15, 0.2) is 18.2 Å². The Kier molecular flexibility index (Phi) is 6.95. The highest BCUT2D eigenvalue weighted by Gasteiger charge is 2.20. The Morgan fingerprint density at radius 2 is 1.95 bits per heavy atom. The van der Waals surface area contributed by atoms with Gasteiger partial charge >= 0.3 is 0 Å². The Morgan fingerprint density at radius 1 is 1.24 bits per heavy atom. The van der Waals surface area contributed by atoms with Crippen LogP contribution in [0.25, 0.3) is 0 Å². The molecule has 0 saturated heterocycles. The van der Waals surface area contributed by atoms with Gasteiger partial charge in [0.15, 0.2) is 0 Å². The number of hydrogen-bond donors (Lipinski definition) is 3. The van der Waals surface area contributed by atoms with Crippen molar-refractivity contribution in [2.75, 3.05) is 23.7 Å². The van der Waals surface area contributed by atoms with Crippen LogP contribution in [0.3, 0.4) is 0 Å². The van der Waals surface area contributed by atoms with E-state index < -0.39 is 0 Å². The van der Waals surface area contributed by atoms with Gasteiger partial charge in [-0.15, -0.1) is 12.4 Å². The Labute approximate surface area is 135 Å². The van der Waals surface area contributed by atoms with E-state index in [4.69, 9.17) is 11.6 Å². The van der Waals surface area contributed by atoms with Gasteiger partial charge in [0.25, 0.3) is 0 Å². The van der Waals surface area contributed by atoms with Crippen LogP contribution < -0.4 is 16.0 Å². The quantitative estimate of drug-likeness (QED) is 0.750. The Bertz CT molecular complexity index is 519. The van der Waals surface area contributed by atoms with E-state index in [1.807, 2.05) is 0 Å². The van der Waals surface area contributed by atoms with Crippen LogP contribution in [-0.2, 0) is 9.59 Å². The number of carbonyl (C=O) groups excluding carboxylic acids is 2. The lowest BCUT2D eigenvalue weighted by atomic mass is 10.2. The van der Waals surface area contributed by atoms with E-state index in [0.29, 0.717) is 16.4 Å². The number of benzene rings is 1. The molecule has 0 bridgehead atoms. The Morgan fingerprint density at radius 3 is 2.57 bits per heavy atom. The molecule has 0 heterocycles. The minimum atomic E-state index is -0.199. The molecule has 0 spiro atoms. The molecular weight excluding hydrogens is 313 g/mol. The molecule has 0 atom stereocenters. The van der Waals surface area contributed by atoms with Crippen molar-refractivity contribution >= 4 is 47.2 Å². The number of amides is 2.